The Hall–Kier alpha value is -1.07. The Morgan fingerprint density at radius 2 is 2.06 bits per heavy atom. The van der Waals surface area contributed by atoms with Crippen molar-refractivity contribution in [2.24, 2.45) is 0 Å². The van der Waals surface area contributed by atoms with Gasteiger partial charge in [-0.15, -0.1) is 0 Å². The summed E-state index contributed by atoms with van der Waals surface area (Å²) in [6.45, 7) is 1.94. The molecular formula is C12H9Br2NO2. The zero-order valence-corrected chi connectivity index (χ0v) is 12.1. The molecule has 1 heterocycles. The Morgan fingerprint density at radius 1 is 1.35 bits per heavy atom. The summed E-state index contributed by atoms with van der Waals surface area (Å²) in [5, 5.41) is 9.15. The Kier molecular flexibility index (Phi) is 3.40. The van der Waals surface area contributed by atoms with Crippen LogP contribution in [0.1, 0.15) is 16.1 Å². The zero-order chi connectivity index (χ0) is 12.6. The molecule has 0 aliphatic carbocycles. The van der Waals surface area contributed by atoms with Gasteiger partial charge in [-0.25, -0.2) is 4.79 Å². The number of rotatable bonds is 2. The summed E-state index contributed by atoms with van der Waals surface area (Å²) in [6, 6.07) is 7.28. The summed E-state index contributed by atoms with van der Waals surface area (Å²) in [6.07, 6.45) is 1.75. The van der Waals surface area contributed by atoms with Crippen molar-refractivity contribution >= 4 is 37.8 Å². The number of carbonyl (C=O) groups is 1. The van der Waals surface area contributed by atoms with E-state index in [1.807, 2.05) is 25.1 Å². The fourth-order valence-electron chi connectivity index (χ4n) is 1.65. The van der Waals surface area contributed by atoms with E-state index in [-0.39, 0.29) is 5.69 Å². The maximum atomic E-state index is 11.2. The first-order valence-electron chi connectivity index (χ1n) is 4.87. The molecule has 0 unspecified atom stereocenters. The average Bonchev–Trinajstić information content (AvgIpc) is 2.64. The lowest BCUT2D eigenvalue weighted by atomic mass is 10.2. The molecule has 0 fully saturated rings. The summed E-state index contributed by atoms with van der Waals surface area (Å²) >= 11 is 6.74. The molecule has 0 saturated heterocycles. The van der Waals surface area contributed by atoms with Gasteiger partial charge < -0.3 is 9.67 Å². The molecule has 88 valence electrons. The van der Waals surface area contributed by atoms with Crippen LogP contribution in [-0.2, 0) is 0 Å². The van der Waals surface area contributed by atoms with Crippen LogP contribution >= 0.6 is 31.9 Å². The SMILES string of the molecule is Cc1c(Br)cccc1-n1cc(Br)cc1C(=O)O. The molecule has 0 bridgehead atoms. The molecule has 0 radical (unpaired) electrons. The van der Waals surface area contributed by atoms with Gasteiger partial charge in [-0.05, 0) is 46.6 Å². The van der Waals surface area contributed by atoms with Crippen LogP contribution in [0.3, 0.4) is 0 Å². The van der Waals surface area contributed by atoms with Crippen molar-refractivity contribution in [1.29, 1.82) is 0 Å². The summed E-state index contributed by atoms with van der Waals surface area (Å²) in [7, 11) is 0. The lowest BCUT2D eigenvalue weighted by Gasteiger charge is -2.10. The molecule has 0 aliphatic rings. The number of carboxylic acids is 1. The highest BCUT2D eigenvalue weighted by molar-refractivity contribution is 9.10. The number of hydrogen-bond acceptors (Lipinski definition) is 1. The van der Waals surface area contributed by atoms with Crippen LogP contribution in [0.2, 0.25) is 0 Å². The van der Waals surface area contributed by atoms with Crippen molar-refractivity contribution < 1.29 is 9.90 Å². The van der Waals surface area contributed by atoms with E-state index >= 15 is 0 Å². The minimum atomic E-state index is -0.949. The van der Waals surface area contributed by atoms with E-state index in [0.717, 1.165) is 20.2 Å². The first-order chi connectivity index (χ1) is 8.00. The second-order valence-corrected chi connectivity index (χ2v) is 5.37. The van der Waals surface area contributed by atoms with Crippen molar-refractivity contribution in [2.45, 2.75) is 6.92 Å². The van der Waals surface area contributed by atoms with Crippen LogP contribution in [0, 0.1) is 6.92 Å². The minimum Gasteiger partial charge on any atom is -0.477 e. The maximum Gasteiger partial charge on any atom is 0.352 e. The molecule has 2 rings (SSSR count). The van der Waals surface area contributed by atoms with Crippen LogP contribution in [0.25, 0.3) is 5.69 Å². The van der Waals surface area contributed by atoms with E-state index in [9.17, 15) is 4.79 Å². The largest absolute Gasteiger partial charge is 0.477 e. The third-order valence-electron chi connectivity index (χ3n) is 2.50. The highest BCUT2D eigenvalue weighted by atomic mass is 79.9. The van der Waals surface area contributed by atoms with Gasteiger partial charge in [0.25, 0.3) is 0 Å². The predicted octanol–water partition coefficient (Wildman–Crippen LogP) is 4.01. The third kappa shape index (κ3) is 2.30. The van der Waals surface area contributed by atoms with Crippen molar-refractivity contribution in [3.63, 3.8) is 0 Å². The van der Waals surface area contributed by atoms with Crippen LogP contribution < -0.4 is 0 Å². The number of nitrogens with zero attached hydrogens (tertiary/aromatic N) is 1. The van der Waals surface area contributed by atoms with E-state index in [1.54, 1.807) is 16.8 Å². The van der Waals surface area contributed by atoms with E-state index < -0.39 is 5.97 Å². The number of aromatic nitrogens is 1. The van der Waals surface area contributed by atoms with E-state index in [1.165, 1.54) is 0 Å². The number of aromatic carboxylic acids is 1. The Bertz CT molecular complexity index is 590. The molecule has 1 N–H and O–H groups in total. The van der Waals surface area contributed by atoms with Gasteiger partial charge in [-0.3, -0.25) is 0 Å². The zero-order valence-electron chi connectivity index (χ0n) is 8.95. The second kappa shape index (κ2) is 4.66. The van der Waals surface area contributed by atoms with Gasteiger partial charge in [0.05, 0.1) is 0 Å². The second-order valence-electron chi connectivity index (χ2n) is 3.60. The third-order valence-corrected chi connectivity index (χ3v) is 3.80. The summed E-state index contributed by atoms with van der Waals surface area (Å²) in [5.74, 6) is -0.949. The molecule has 0 atom stereocenters. The van der Waals surface area contributed by atoms with Gasteiger partial charge in [0.2, 0.25) is 0 Å². The van der Waals surface area contributed by atoms with Crippen LogP contribution in [-0.4, -0.2) is 15.6 Å². The number of hydrogen-bond donors (Lipinski definition) is 1. The molecule has 2 aromatic rings. The summed E-state index contributed by atoms with van der Waals surface area (Å²) in [5.41, 5.74) is 2.08. The quantitative estimate of drug-likeness (QED) is 0.881. The fraction of sp³-hybridized carbons (Fsp3) is 0.0833. The Labute approximate surface area is 115 Å². The molecule has 0 aliphatic heterocycles. The number of halogens is 2. The molecule has 0 saturated carbocycles. The summed E-state index contributed by atoms with van der Waals surface area (Å²) in [4.78, 5) is 11.2. The van der Waals surface area contributed by atoms with Crippen molar-refractivity contribution in [3.05, 3.63) is 50.7 Å². The number of benzene rings is 1. The minimum absolute atomic E-state index is 0.234. The molecule has 5 heteroatoms. The van der Waals surface area contributed by atoms with Gasteiger partial charge in [0.1, 0.15) is 5.69 Å². The molecule has 0 amide bonds. The van der Waals surface area contributed by atoms with Gasteiger partial charge in [0.15, 0.2) is 0 Å². The predicted molar refractivity (Wildman–Crippen MR) is 72.9 cm³/mol. The van der Waals surface area contributed by atoms with Crippen LogP contribution in [0.4, 0.5) is 0 Å². The van der Waals surface area contributed by atoms with Crippen molar-refractivity contribution in [2.75, 3.05) is 0 Å². The van der Waals surface area contributed by atoms with Crippen molar-refractivity contribution in [1.82, 2.24) is 4.57 Å². The first-order valence-corrected chi connectivity index (χ1v) is 6.46. The lowest BCUT2D eigenvalue weighted by Crippen LogP contribution is -2.06. The summed E-state index contributed by atoms with van der Waals surface area (Å²) < 4.78 is 3.36. The average molecular weight is 359 g/mol. The van der Waals surface area contributed by atoms with Gasteiger partial charge in [-0.2, -0.15) is 0 Å². The molecule has 3 nitrogen and oxygen atoms in total. The van der Waals surface area contributed by atoms with Crippen LogP contribution in [0.5, 0.6) is 0 Å². The normalized spacial score (nSPS) is 10.5. The molecule has 0 spiro atoms. The Balaban J connectivity index is 2.68. The number of carboxylic acid groups (broad SMARTS) is 1. The fourth-order valence-corrected chi connectivity index (χ4v) is 2.43. The van der Waals surface area contributed by atoms with Gasteiger partial charge in [0, 0.05) is 20.8 Å². The molecule has 17 heavy (non-hydrogen) atoms. The van der Waals surface area contributed by atoms with Crippen molar-refractivity contribution in [3.8, 4) is 5.69 Å². The van der Waals surface area contributed by atoms with Gasteiger partial charge >= 0.3 is 5.97 Å². The highest BCUT2D eigenvalue weighted by Crippen LogP contribution is 2.26. The lowest BCUT2D eigenvalue weighted by molar-refractivity contribution is 0.0688. The molecule has 1 aromatic heterocycles. The molecule has 1 aromatic carbocycles. The van der Waals surface area contributed by atoms with E-state index in [0.29, 0.717) is 0 Å². The highest BCUT2D eigenvalue weighted by Gasteiger charge is 2.14. The van der Waals surface area contributed by atoms with E-state index in [2.05, 4.69) is 31.9 Å². The Morgan fingerprint density at radius 3 is 2.71 bits per heavy atom. The van der Waals surface area contributed by atoms with E-state index in [4.69, 9.17) is 5.11 Å². The monoisotopic (exact) mass is 357 g/mol. The molecular weight excluding hydrogens is 350 g/mol. The first kappa shape index (κ1) is 12.4. The standard InChI is InChI=1S/C12H9Br2NO2/c1-7-9(14)3-2-4-10(7)15-6-8(13)5-11(15)12(16)17/h2-6H,1H3,(H,16,17). The van der Waals surface area contributed by atoms with Crippen LogP contribution in [0.15, 0.2) is 39.4 Å². The smallest absolute Gasteiger partial charge is 0.352 e. The van der Waals surface area contributed by atoms with Gasteiger partial charge in [-0.1, -0.05) is 22.0 Å². The topological polar surface area (TPSA) is 42.2 Å². The maximum absolute atomic E-state index is 11.2.